The van der Waals surface area contributed by atoms with Crippen LogP contribution >= 0.6 is 0 Å². The Hall–Kier alpha value is -1.63. The molecule has 1 aromatic carbocycles. The Balaban J connectivity index is 1.45. The molecular formula is C22H29NO4Si. The van der Waals surface area contributed by atoms with Gasteiger partial charge in [0.05, 0.1) is 0 Å². The fourth-order valence-corrected chi connectivity index (χ4v) is 6.02. The highest BCUT2D eigenvalue weighted by Crippen LogP contribution is 2.50. The quantitative estimate of drug-likeness (QED) is 0.704. The summed E-state index contributed by atoms with van der Waals surface area (Å²) in [4.78, 5) is 15.5. The average molecular weight is 400 g/mol. The lowest BCUT2D eigenvalue weighted by Crippen LogP contribution is -2.49. The number of hydrogen-bond donors (Lipinski definition) is 0. The highest BCUT2D eigenvalue weighted by Gasteiger charge is 2.49. The number of ketones is 1. The molecule has 28 heavy (non-hydrogen) atoms. The first-order valence-electron chi connectivity index (χ1n) is 10.2. The maximum absolute atomic E-state index is 13.0. The van der Waals surface area contributed by atoms with E-state index in [0.717, 1.165) is 31.0 Å². The molecule has 6 heteroatoms. The molecule has 5 nitrogen and oxygen atoms in total. The van der Waals surface area contributed by atoms with Gasteiger partial charge in [-0.15, -0.1) is 0 Å². The molecule has 0 radical (unpaired) electrons. The molecule has 0 N–H and O–H groups in total. The standard InChI is InChI=1S/C22H29NO4Si/c1-22(2,3)28(4,5)27-19-9-17-15(7-18(19)24)16-11-23(17)10-13-6-20-21(8-14(13)16)26-12-25-20/h6-8,16-17,19H,9-12H2,1-5H3/t16-,17-,19-/m0/s1. The zero-order valence-corrected chi connectivity index (χ0v) is 18.4. The van der Waals surface area contributed by atoms with Gasteiger partial charge in [-0.1, -0.05) is 20.8 Å². The maximum atomic E-state index is 13.0. The topological polar surface area (TPSA) is 48.0 Å². The van der Waals surface area contributed by atoms with Crippen molar-refractivity contribution in [2.75, 3.05) is 13.3 Å². The van der Waals surface area contributed by atoms with Crippen molar-refractivity contribution in [3.05, 3.63) is 34.9 Å². The van der Waals surface area contributed by atoms with Crippen molar-refractivity contribution in [3.63, 3.8) is 0 Å². The number of carbonyl (C=O) groups excluding carboxylic acids is 1. The van der Waals surface area contributed by atoms with Gasteiger partial charge in [-0.05, 0) is 59.5 Å². The Morgan fingerprint density at radius 2 is 1.89 bits per heavy atom. The Morgan fingerprint density at radius 1 is 1.18 bits per heavy atom. The van der Waals surface area contributed by atoms with Crippen LogP contribution in [0.5, 0.6) is 11.5 Å². The summed E-state index contributed by atoms with van der Waals surface area (Å²) in [6, 6.07) is 4.55. The first-order valence-corrected chi connectivity index (χ1v) is 13.1. The Morgan fingerprint density at radius 3 is 2.61 bits per heavy atom. The summed E-state index contributed by atoms with van der Waals surface area (Å²) in [5.41, 5.74) is 3.86. The van der Waals surface area contributed by atoms with E-state index in [1.807, 2.05) is 6.08 Å². The summed E-state index contributed by atoms with van der Waals surface area (Å²) in [5, 5.41) is 0.0971. The second kappa shape index (κ2) is 5.94. The van der Waals surface area contributed by atoms with E-state index in [0.29, 0.717) is 12.8 Å². The van der Waals surface area contributed by atoms with Crippen LogP contribution in [-0.4, -0.2) is 44.5 Å². The van der Waals surface area contributed by atoms with Crippen LogP contribution in [0.25, 0.3) is 0 Å². The summed E-state index contributed by atoms with van der Waals surface area (Å²) in [7, 11) is -1.99. The molecular weight excluding hydrogens is 370 g/mol. The van der Waals surface area contributed by atoms with E-state index < -0.39 is 8.32 Å². The molecule has 1 fully saturated rings. The highest BCUT2D eigenvalue weighted by molar-refractivity contribution is 6.74. The SMILES string of the molecule is CC(C)(C)[Si](C)(C)O[C@H]1C[C@H]2C(=CC1=O)[C@H]1CN2Cc2cc3c(cc21)OCO3. The van der Waals surface area contributed by atoms with Crippen molar-refractivity contribution in [2.45, 2.75) is 69.9 Å². The molecule has 150 valence electrons. The smallest absolute Gasteiger partial charge is 0.231 e. The van der Waals surface area contributed by atoms with Gasteiger partial charge in [-0.3, -0.25) is 9.69 Å². The Bertz CT molecular complexity index is 885. The van der Waals surface area contributed by atoms with Crippen molar-refractivity contribution in [1.82, 2.24) is 4.90 Å². The van der Waals surface area contributed by atoms with Crippen molar-refractivity contribution >= 4 is 14.1 Å². The summed E-state index contributed by atoms with van der Waals surface area (Å²) in [6.07, 6.45) is 2.36. The van der Waals surface area contributed by atoms with Crippen molar-refractivity contribution in [2.24, 2.45) is 0 Å². The van der Waals surface area contributed by atoms with Crippen LogP contribution in [0.2, 0.25) is 18.1 Å². The van der Waals surface area contributed by atoms with Gasteiger partial charge in [0.1, 0.15) is 6.10 Å². The third-order valence-corrected chi connectivity index (χ3v) is 11.8. The van der Waals surface area contributed by atoms with Crippen LogP contribution < -0.4 is 9.47 Å². The Labute approximate surface area is 167 Å². The Kier molecular flexibility index (Phi) is 3.90. The van der Waals surface area contributed by atoms with E-state index in [1.165, 1.54) is 16.7 Å². The number of hydrogen-bond acceptors (Lipinski definition) is 5. The minimum Gasteiger partial charge on any atom is -0.454 e. The molecule has 1 unspecified atom stereocenters. The van der Waals surface area contributed by atoms with Crippen molar-refractivity contribution < 1.29 is 18.7 Å². The van der Waals surface area contributed by atoms with E-state index in [4.69, 9.17) is 13.9 Å². The van der Waals surface area contributed by atoms with Gasteiger partial charge < -0.3 is 13.9 Å². The summed E-state index contributed by atoms with van der Waals surface area (Å²) in [6.45, 7) is 13.3. The molecule has 0 spiro atoms. The molecule has 4 atom stereocenters. The first-order chi connectivity index (χ1) is 13.1. The van der Waals surface area contributed by atoms with Crippen LogP contribution in [0.4, 0.5) is 0 Å². The zero-order valence-electron chi connectivity index (χ0n) is 17.4. The average Bonchev–Trinajstić information content (AvgIpc) is 3.16. The van der Waals surface area contributed by atoms with Crippen LogP contribution in [0.1, 0.15) is 44.2 Å². The lowest BCUT2D eigenvalue weighted by molar-refractivity contribution is -0.123. The normalized spacial score (nSPS) is 30.8. The molecule has 0 amide bonds. The zero-order chi connectivity index (χ0) is 19.8. The van der Waals surface area contributed by atoms with Gasteiger partial charge in [0.15, 0.2) is 25.6 Å². The minimum atomic E-state index is -1.99. The van der Waals surface area contributed by atoms with E-state index in [9.17, 15) is 4.79 Å². The molecule has 2 bridgehead atoms. The summed E-state index contributed by atoms with van der Waals surface area (Å²) in [5.74, 6) is 2.10. The number of fused-ring (bicyclic) bond motifs is 8. The number of ether oxygens (including phenoxy) is 2. The van der Waals surface area contributed by atoms with Gasteiger partial charge in [-0.25, -0.2) is 0 Å². The van der Waals surface area contributed by atoms with Gasteiger partial charge in [-0.2, -0.15) is 0 Å². The van der Waals surface area contributed by atoms with Crippen LogP contribution in [-0.2, 0) is 15.8 Å². The molecule has 3 heterocycles. The molecule has 3 aliphatic heterocycles. The highest BCUT2D eigenvalue weighted by atomic mass is 28.4. The fourth-order valence-electron chi connectivity index (χ4n) is 4.74. The minimum absolute atomic E-state index is 0.0971. The number of carbonyl (C=O) groups is 1. The third kappa shape index (κ3) is 2.69. The number of benzene rings is 1. The van der Waals surface area contributed by atoms with Gasteiger partial charge in [0, 0.05) is 25.0 Å². The molecule has 0 saturated carbocycles. The lowest BCUT2D eigenvalue weighted by atomic mass is 9.83. The predicted molar refractivity (Wildman–Crippen MR) is 109 cm³/mol. The van der Waals surface area contributed by atoms with E-state index in [2.05, 4.69) is 50.9 Å². The molecule has 1 saturated heterocycles. The molecule has 1 aromatic rings. The van der Waals surface area contributed by atoms with Crippen molar-refractivity contribution in [3.8, 4) is 11.5 Å². The lowest BCUT2D eigenvalue weighted by Gasteiger charge is -2.40. The van der Waals surface area contributed by atoms with Crippen LogP contribution in [0.15, 0.2) is 23.8 Å². The predicted octanol–water partition coefficient (Wildman–Crippen LogP) is 3.99. The molecule has 0 aromatic heterocycles. The monoisotopic (exact) mass is 399 g/mol. The largest absolute Gasteiger partial charge is 0.454 e. The number of rotatable bonds is 2. The number of nitrogens with zero attached hydrogens (tertiary/aromatic N) is 1. The first kappa shape index (κ1) is 18.4. The second-order valence-corrected chi connectivity index (χ2v) is 14.8. The van der Waals surface area contributed by atoms with Gasteiger partial charge in [0.2, 0.25) is 6.79 Å². The summed E-state index contributed by atoms with van der Waals surface area (Å²) < 4.78 is 17.7. The second-order valence-electron chi connectivity index (χ2n) is 10.1. The molecule has 5 rings (SSSR count). The van der Waals surface area contributed by atoms with Gasteiger partial charge >= 0.3 is 0 Å². The maximum Gasteiger partial charge on any atom is 0.231 e. The van der Waals surface area contributed by atoms with E-state index >= 15 is 0 Å². The van der Waals surface area contributed by atoms with Crippen LogP contribution in [0, 0.1) is 0 Å². The fraction of sp³-hybridized carbons (Fsp3) is 0.591. The van der Waals surface area contributed by atoms with Gasteiger partial charge in [0.25, 0.3) is 0 Å². The van der Waals surface area contributed by atoms with Crippen LogP contribution in [0.3, 0.4) is 0 Å². The molecule has 1 aliphatic carbocycles. The van der Waals surface area contributed by atoms with E-state index in [-0.39, 0.29) is 22.8 Å². The van der Waals surface area contributed by atoms with Crippen molar-refractivity contribution in [1.29, 1.82) is 0 Å². The third-order valence-electron chi connectivity index (χ3n) is 7.33. The molecule has 4 aliphatic rings. The van der Waals surface area contributed by atoms with E-state index in [1.54, 1.807) is 0 Å². The summed E-state index contributed by atoms with van der Waals surface area (Å²) >= 11 is 0.